The number of piperidine rings is 1. The molecule has 0 spiro atoms. The van der Waals surface area contributed by atoms with Crippen molar-refractivity contribution in [3.05, 3.63) is 0 Å². The summed E-state index contributed by atoms with van der Waals surface area (Å²) in [5, 5.41) is 0. The first-order valence-corrected chi connectivity index (χ1v) is 6.70. The fourth-order valence-electron chi connectivity index (χ4n) is 2.32. The molecule has 5 nitrogen and oxygen atoms in total. The van der Waals surface area contributed by atoms with E-state index in [0.717, 1.165) is 26.1 Å². The van der Waals surface area contributed by atoms with Gasteiger partial charge in [-0.05, 0) is 18.8 Å². The molecule has 1 amide bonds. The van der Waals surface area contributed by atoms with Crippen LogP contribution in [-0.4, -0.2) is 56.1 Å². The summed E-state index contributed by atoms with van der Waals surface area (Å²) in [6.45, 7) is 3.50. The van der Waals surface area contributed by atoms with E-state index in [4.69, 9.17) is 9.47 Å². The molecule has 0 aromatic rings. The maximum atomic E-state index is 11.8. The highest BCUT2D eigenvalue weighted by atomic mass is 16.5. The highest BCUT2D eigenvalue weighted by Gasteiger charge is 2.21. The van der Waals surface area contributed by atoms with E-state index in [-0.39, 0.29) is 18.3 Å². The second-order valence-corrected chi connectivity index (χ2v) is 4.99. The van der Waals surface area contributed by atoms with E-state index in [1.807, 2.05) is 0 Å². The number of carbonyl (C=O) groups is 2. The first kappa shape index (κ1) is 13.5. The minimum absolute atomic E-state index is 0.00885. The maximum absolute atomic E-state index is 11.8. The molecule has 0 aromatic heterocycles. The van der Waals surface area contributed by atoms with Gasteiger partial charge in [0.05, 0.1) is 6.61 Å². The van der Waals surface area contributed by atoms with E-state index in [1.54, 1.807) is 4.90 Å². The normalized spacial score (nSPS) is 22.2. The molecule has 2 fully saturated rings. The fraction of sp³-hybridized carbons (Fsp3) is 0.846. The highest BCUT2D eigenvalue weighted by Crippen LogP contribution is 2.14. The second-order valence-electron chi connectivity index (χ2n) is 4.99. The van der Waals surface area contributed by atoms with Crippen molar-refractivity contribution < 1.29 is 19.1 Å². The van der Waals surface area contributed by atoms with Crippen LogP contribution in [0.4, 0.5) is 0 Å². The van der Waals surface area contributed by atoms with Crippen LogP contribution < -0.4 is 0 Å². The van der Waals surface area contributed by atoms with Gasteiger partial charge < -0.3 is 14.4 Å². The summed E-state index contributed by atoms with van der Waals surface area (Å²) in [5.74, 6) is 0.784. The monoisotopic (exact) mass is 255 g/mol. The molecule has 2 saturated heterocycles. The number of nitrogens with zero attached hydrogens (tertiary/aromatic N) is 1. The molecular weight excluding hydrogens is 234 g/mol. The Morgan fingerprint density at radius 2 is 1.94 bits per heavy atom. The zero-order chi connectivity index (χ0) is 12.8. The summed E-state index contributed by atoms with van der Waals surface area (Å²) in [4.78, 5) is 24.6. The fourth-order valence-corrected chi connectivity index (χ4v) is 2.32. The van der Waals surface area contributed by atoms with Gasteiger partial charge in [-0.1, -0.05) is 0 Å². The largest absolute Gasteiger partial charge is 0.381 e. The smallest absolute Gasteiger partial charge is 0.248 e. The van der Waals surface area contributed by atoms with Crippen LogP contribution in [0.5, 0.6) is 0 Å². The van der Waals surface area contributed by atoms with Gasteiger partial charge in [0, 0.05) is 39.1 Å². The molecule has 18 heavy (non-hydrogen) atoms. The standard InChI is InChI=1S/C13H21NO4/c15-12-1-5-14(6-2-12)13(16)10-18-9-11-3-7-17-8-4-11/h11H,1-10H2. The Morgan fingerprint density at radius 3 is 2.61 bits per heavy atom. The highest BCUT2D eigenvalue weighted by molar-refractivity contribution is 5.83. The van der Waals surface area contributed by atoms with E-state index < -0.39 is 0 Å². The molecule has 2 aliphatic heterocycles. The zero-order valence-corrected chi connectivity index (χ0v) is 10.7. The summed E-state index contributed by atoms with van der Waals surface area (Å²) < 4.78 is 10.8. The minimum Gasteiger partial charge on any atom is -0.381 e. The topological polar surface area (TPSA) is 55.8 Å². The van der Waals surface area contributed by atoms with E-state index in [2.05, 4.69) is 0 Å². The molecule has 0 aromatic carbocycles. The molecule has 0 radical (unpaired) electrons. The first-order valence-electron chi connectivity index (χ1n) is 6.70. The molecule has 0 aliphatic carbocycles. The van der Waals surface area contributed by atoms with E-state index in [1.165, 1.54) is 0 Å². The third-order valence-corrected chi connectivity index (χ3v) is 3.59. The maximum Gasteiger partial charge on any atom is 0.248 e. The number of hydrogen-bond donors (Lipinski definition) is 0. The van der Waals surface area contributed by atoms with Gasteiger partial charge in [-0.2, -0.15) is 0 Å². The lowest BCUT2D eigenvalue weighted by Gasteiger charge is -2.26. The summed E-state index contributed by atoms with van der Waals surface area (Å²) in [6.07, 6.45) is 3.02. The van der Waals surface area contributed by atoms with Crippen molar-refractivity contribution in [3.8, 4) is 0 Å². The SMILES string of the molecule is O=C1CCN(C(=O)COCC2CCOCC2)CC1. The van der Waals surface area contributed by atoms with Crippen LogP contribution in [0.25, 0.3) is 0 Å². The molecule has 0 N–H and O–H groups in total. The van der Waals surface area contributed by atoms with E-state index in [9.17, 15) is 9.59 Å². The molecule has 2 rings (SSSR count). The van der Waals surface area contributed by atoms with Crippen LogP contribution >= 0.6 is 0 Å². The molecule has 0 atom stereocenters. The lowest BCUT2D eigenvalue weighted by atomic mass is 10.0. The number of Topliss-reactive ketones (excluding diaryl/α,β-unsaturated/α-hetero) is 1. The first-order chi connectivity index (χ1) is 8.75. The molecule has 0 bridgehead atoms. The number of hydrogen-bond acceptors (Lipinski definition) is 4. The predicted octanol–water partition coefficient (Wildman–Crippen LogP) is 0.621. The molecule has 2 aliphatic rings. The Hall–Kier alpha value is -0.940. The predicted molar refractivity (Wildman–Crippen MR) is 65.2 cm³/mol. The average molecular weight is 255 g/mol. The number of ketones is 1. The Balaban J connectivity index is 1.60. The molecule has 102 valence electrons. The number of rotatable bonds is 4. The summed E-state index contributed by atoms with van der Waals surface area (Å²) in [5.41, 5.74) is 0. The average Bonchev–Trinajstić information content (AvgIpc) is 2.40. The number of carbonyl (C=O) groups excluding carboxylic acids is 2. The minimum atomic E-state index is 0.00885. The van der Waals surface area contributed by atoms with Crippen LogP contribution in [0, 0.1) is 5.92 Å². The van der Waals surface area contributed by atoms with Crippen molar-refractivity contribution in [2.24, 2.45) is 5.92 Å². The van der Waals surface area contributed by atoms with Gasteiger partial charge in [-0.3, -0.25) is 9.59 Å². The van der Waals surface area contributed by atoms with Crippen LogP contribution in [0.2, 0.25) is 0 Å². The third-order valence-electron chi connectivity index (χ3n) is 3.59. The second kappa shape index (κ2) is 6.85. The van der Waals surface area contributed by atoms with Gasteiger partial charge in [0.15, 0.2) is 0 Å². The molecule has 2 heterocycles. The van der Waals surface area contributed by atoms with Crippen molar-refractivity contribution in [1.29, 1.82) is 0 Å². The van der Waals surface area contributed by atoms with E-state index in [0.29, 0.717) is 38.5 Å². The van der Waals surface area contributed by atoms with Crippen molar-refractivity contribution in [3.63, 3.8) is 0 Å². The van der Waals surface area contributed by atoms with Crippen LogP contribution in [0.1, 0.15) is 25.7 Å². The third kappa shape index (κ3) is 4.07. The van der Waals surface area contributed by atoms with Crippen LogP contribution in [0.3, 0.4) is 0 Å². The zero-order valence-electron chi connectivity index (χ0n) is 10.7. The van der Waals surface area contributed by atoms with Gasteiger partial charge in [-0.25, -0.2) is 0 Å². The van der Waals surface area contributed by atoms with Crippen molar-refractivity contribution in [2.75, 3.05) is 39.5 Å². The molecular formula is C13H21NO4. The molecule has 5 heteroatoms. The number of ether oxygens (including phenoxy) is 2. The van der Waals surface area contributed by atoms with E-state index >= 15 is 0 Å². The Labute approximate surface area is 107 Å². The van der Waals surface area contributed by atoms with Gasteiger partial charge in [-0.15, -0.1) is 0 Å². The summed E-state index contributed by atoms with van der Waals surface area (Å²) >= 11 is 0. The lowest BCUT2D eigenvalue weighted by Crippen LogP contribution is -2.40. The van der Waals surface area contributed by atoms with Crippen LogP contribution in [-0.2, 0) is 19.1 Å². The lowest BCUT2D eigenvalue weighted by molar-refractivity contribution is -0.139. The van der Waals surface area contributed by atoms with Gasteiger partial charge >= 0.3 is 0 Å². The van der Waals surface area contributed by atoms with Crippen molar-refractivity contribution >= 4 is 11.7 Å². The molecule has 0 saturated carbocycles. The van der Waals surface area contributed by atoms with Gasteiger partial charge in [0.2, 0.25) is 5.91 Å². The van der Waals surface area contributed by atoms with Crippen LogP contribution in [0.15, 0.2) is 0 Å². The van der Waals surface area contributed by atoms with Gasteiger partial charge in [0.1, 0.15) is 12.4 Å². The molecule has 0 unspecified atom stereocenters. The van der Waals surface area contributed by atoms with Crippen molar-refractivity contribution in [2.45, 2.75) is 25.7 Å². The Kier molecular flexibility index (Phi) is 5.13. The summed E-state index contributed by atoms with van der Waals surface area (Å²) in [7, 11) is 0. The quantitative estimate of drug-likeness (QED) is 0.739. The Bertz CT molecular complexity index is 289. The van der Waals surface area contributed by atoms with Crippen molar-refractivity contribution in [1.82, 2.24) is 4.90 Å². The van der Waals surface area contributed by atoms with Gasteiger partial charge in [0.25, 0.3) is 0 Å². The number of amides is 1. The Morgan fingerprint density at radius 1 is 1.28 bits per heavy atom. The number of likely N-dealkylation sites (tertiary alicyclic amines) is 1. The summed E-state index contributed by atoms with van der Waals surface area (Å²) in [6, 6.07) is 0.